The monoisotopic (exact) mass is 128 g/mol. The maximum atomic E-state index is 3.79. The van der Waals surface area contributed by atoms with Gasteiger partial charge in [-0.1, -0.05) is 19.8 Å². The Morgan fingerprint density at radius 1 is 1.33 bits per heavy atom. The Balaban J connectivity index is 2.88. The van der Waals surface area contributed by atoms with Gasteiger partial charge in [-0.25, -0.2) is 0 Å². The summed E-state index contributed by atoms with van der Waals surface area (Å²) < 4.78 is 0. The van der Waals surface area contributed by atoms with Gasteiger partial charge < -0.3 is 4.90 Å². The summed E-state index contributed by atoms with van der Waals surface area (Å²) in [6.07, 6.45) is 3.98. The number of nitrogens with zero attached hydrogens (tertiary/aromatic N) is 1. The van der Waals surface area contributed by atoms with E-state index in [0.717, 1.165) is 6.54 Å². The molecule has 1 heteroatoms. The third-order valence-electron chi connectivity index (χ3n) is 1.53. The first-order valence-corrected chi connectivity index (χ1v) is 3.79. The van der Waals surface area contributed by atoms with Gasteiger partial charge in [-0.05, 0) is 33.5 Å². The molecule has 0 aliphatic heterocycles. The molecule has 55 valence electrons. The fourth-order valence-corrected chi connectivity index (χ4v) is 0.744. The minimum Gasteiger partial charge on any atom is -0.306 e. The summed E-state index contributed by atoms with van der Waals surface area (Å²) in [6.45, 7) is 8.16. The molecule has 0 fully saturated rings. The van der Waals surface area contributed by atoms with Crippen molar-refractivity contribution in [3.63, 3.8) is 0 Å². The fraction of sp³-hybridized carbons (Fsp3) is 0.875. The molecule has 0 heterocycles. The second kappa shape index (κ2) is 6.09. The molecule has 0 aliphatic rings. The van der Waals surface area contributed by atoms with Gasteiger partial charge in [-0.3, -0.25) is 0 Å². The Bertz CT molecular complexity index is 52.5. The van der Waals surface area contributed by atoms with E-state index in [9.17, 15) is 0 Å². The summed E-state index contributed by atoms with van der Waals surface area (Å²) in [5, 5.41) is 0. The predicted octanol–water partition coefficient (Wildman–Crippen LogP) is 1.94. The zero-order chi connectivity index (χ0) is 7.11. The van der Waals surface area contributed by atoms with Crippen molar-refractivity contribution in [2.45, 2.75) is 26.2 Å². The van der Waals surface area contributed by atoms with Gasteiger partial charge in [-0.15, -0.1) is 0 Å². The topological polar surface area (TPSA) is 3.24 Å². The molecule has 0 unspecified atom stereocenters. The van der Waals surface area contributed by atoms with Gasteiger partial charge in [0.1, 0.15) is 0 Å². The molecule has 0 aliphatic carbocycles. The maximum absolute atomic E-state index is 3.79. The Labute approximate surface area is 59.1 Å². The number of hydrogen-bond donors (Lipinski definition) is 0. The van der Waals surface area contributed by atoms with Gasteiger partial charge in [0.2, 0.25) is 0 Å². The summed E-state index contributed by atoms with van der Waals surface area (Å²) in [4.78, 5) is 2.25. The van der Waals surface area contributed by atoms with Crippen LogP contribution in [-0.2, 0) is 0 Å². The normalized spacial score (nSPS) is 10.7. The lowest BCUT2D eigenvalue weighted by Crippen LogP contribution is -2.18. The largest absolute Gasteiger partial charge is 0.306 e. The van der Waals surface area contributed by atoms with Gasteiger partial charge in [-0.2, -0.15) is 0 Å². The molecule has 1 radical (unpaired) electrons. The molecular formula is C8H18N. The highest BCUT2D eigenvalue weighted by molar-refractivity contribution is 4.51. The third-order valence-corrected chi connectivity index (χ3v) is 1.53. The first-order chi connectivity index (χ1) is 4.31. The van der Waals surface area contributed by atoms with E-state index in [1.807, 2.05) is 0 Å². The maximum Gasteiger partial charge on any atom is -0.00213 e. The minimum absolute atomic E-state index is 0.934. The molecule has 0 N–H and O–H groups in total. The Kier molecular flexibility index (Phi) is 6.06. The quantitative estimate of drug-likeness (QED) is 0.511. The molecule has 0 saturated carbocycles. The Morgan fingerprint density at radius 3 is 2.44 bits per heavy atom. The van der Waals surface area contributed by atoms with Crippen LogP contribution in [0.4, 0.5) is 0 Å². The molecule has 0 spiro atoms. The summed E-state index contributed by atoms with van der Waals surface area (Å²) >= 11 is 0. The average molecular weight is 128 g/mol. The van der Waals surface area contributed by atoms with E-state index in [1.165, 1.54) is 25.8 Å². The van der Waals surface area contributed by atoms with Crippen molar-refractivity contribution in [2.24, 2.45) is 0 Å². The van der Waals surface area contributed by atoms with Crippen LogP contribution in [0.1, 0.15) is 26.2 Å². The molecule has 0 bridgehead atoms. The van der Waals surface area contributed by atoms with Crippen molar-refractivity contribution < 1.29 is 0 Å². The number of unbranched alkanes of at least 4 members (excludes halogenated alkanes) is 2. The molecule has 0 aromatic rings. The highest BCUT2D eigenvalue weighted by atomic mass is 15.1. The SMILES string of the molecule is [CH2]CN(C)CCCCC. The molecule has 0 saturated heterocycles. The van der Waals surface area contributed by atoms with Crippen LogP contribution in [0.25, 0.3) is 0 Å². The second-order valence-corrected chi connectivity index (χ2v) is 2.51. The average Bonchev–Trinajstić information content (AvgIpc) is 1.89. The van der Waals surface area contributed by atoms with E-state index < -0.39 is 0 Å². The zero-order valence-corrected chi connectivity index (χ0v) is 6.69. The molecule has 0 rings (SSSR count). The van der Waals surface area contributed by atoms with Crippen molar-refractivity contribution in [3.8, 4) is 0 Å². The van der Waals surface area contributed by atoms with Crippen molar-refractivity contribution >= 4 is 0 Å². The Hall–Kier alpha value is -0.0400. The van der Waals surface area contributed by atoms with Crippen molar-refractivity contribution in [2.75, 3.05) is 20.1 Å². The molecule has 0 amide bonds. The third kappa shape index (κ3) is 5.84. The first-order valence-electron chi connectivity index (χ1n) is 3.79. The van der Waals surface area contributed by atoms with E-state index in [2.05, 4.69) is 25.8 Å². The lowest BCUT2D eigenvalue weighted by molar-refractivity contribution is 0.357. The van der Waals surface area contributed by atoms with Crippen LogP contribution >= 0.6 is 0 Å². The zero-order valence-electron chi connectivity index (χ0n) is 6.69. The van der Waals surface area contributed by atoms with Crippen LogP contribution in [0.2, 0.25) is 0 Å². The summed E-state index contributed by atoms with van der Waals surface area (Å²) in [7, 11) is 2.11. The Morgan fingerprint density at radius 2 is 2.00 bits per heavy atom. The van der Waals surface area contributed by atoms with Crippen LogP contribution in [-0.4, -0.2) is 25.0 Å². The molecule has 0 aromatic heterocycles. The van der Waals surface area contributed by atoms with Gasteiger partial charge in [0.05, 0.1) is 0 Å². The van der Waals surface area contributed by atoms with Crippen LogP contribution in [0, 0.1) is 6.92 Å². The highest BCUT2D eigenvalue weighted by Gasteiger charge is 1.91. The van der Waals surface area contributed by atoms with E-state index in [1.54, 1.807) is 0 Å². The molecule has 9 heavy (non-hydrogen) atoms. The van der Waals surface area contributed by atoms with Crippen LogP contribution in [0.5, 0.6) is 0 Å². The van der Waals surface area contributed by atoms with E-state index in [-0.39, 0.29) is 0 Å². The smallest absolute Gasteiger partial charge is 0.00213 e. The van der Waals surface area contributed by atoms with Crippen LogP contribution < -0.4 is 0 Å². The fourth-order valence-electron chi connectivity index (χ4n) is 0.744. The molecule has 1 nitrogen and oxygen atoms in total. The van der Waals surface area contributed by atoms with Crippen LogP contribution in [0.15, 0.2) is 0 Å². The minimum atomic E-state index is 0.934. The molecule has 0 aromatic carbocycles. The van der Waals surface area contributed by atoms with E-state index in [0.29, 0.717) is 0 Å². The molecular weight excluding hydrogens is 110 g/mol. The molecule has 0 atom stereocenters. The lowest BCUT2D eigenvalue weighted by Gasteiger charge is -2.11. The van der Waals surface area contributed by atoms with Gasteiger partial charge in [0.25, 0.3) is 0 Å². The second-order valence-electron chi connectivity index (χ2n) is 2.51. The van der Waals surface area contributed by atoms with E-state index >= 15 is 0 Å². The van der Waals surface area contributed by atoms with Crippen molar-refractivity contribution in [1.29, 1.82) is 0 Å². The number of rotatable bonds is 5. The summed E-state index contributed by atoms with van der Waals surface area (Å²) in [5.74, 6) is 0. The van der Waals surface area contributed by atoms with Crippen LogP contribution in [0.3, 0.4) is 0 Å². The van der Waals surface area contributed by atoms with Gasteiger partial charge in [0, 0.05) is 0 Å². The predicted molar refractivity (Wildman–Crippen MR) is 42.4 cm³/mol. The summed E-state index contributed by atoms with van der Waals surface area (Å²) in [5.41, 5.74) is 0. The van der Waals surface area contributed by atoms with Crippen molar-refractivity contribution in [1.82, 2.24) is 4.90 Å². The van der Waals surface area contributed by atoms with Gasteiger partial charge >= 0.3 is 0 Å². The summed E-state index contributed by atoms with van der Waals surface area (Å²) in [6, 6.07) is 0. The standard InChI is InChI=1S/C8H18N/c1-4-6-7-8-9(3)5-2/h2,4-8H2,1,3H3. The lowest BCUT2D eigenvalue weighted by atomic mass is 10.2. The van der Waals surface area contributed by atoms with Crippen molar-refractivity contribution in [3.05, 3.63) is 6.92 Å². The first kappa shape index (κ1) is 8.96. The number of hydrogen-bond acceptors (Lipinski definition) is 1. The highest BCUT2D eigenvalue weighted by Crippen LogP contribution is 1.94. The van der Waals surface area contributed by atoms with Gasteiger partial charge in [0.15, 0.2) is 0 Å². The van der Waals surface area contributed by atoms with E-state index in [4.69, 9.17) is 0 Å².